The van der Waals surface area contributed by atoms with E-state index in [1.54, 1.807) is 0 Å². The average molecular weight is 678 g/mol. The molecule has 0 unspecified atom stereocenters. The molecule has 0 aliphatic rings. The van der Waals surface area contributed by atoms with Gasteiger partial charge in [-0.2, -0.15) is 0 Å². The summed E-state index contributed by atoms with van der Waals surface area (Å²) in [5, 5.41) is 10.1. The van der Waals surface area contributed by atoms with Crippen LogP contribution < -0.4 is 0 Å². The van der Waals surface area contributed by atoms with E-state index in [2.05, 4.69) is 121 Å². The molecule has 1 aromatic heterocycles. The van der Waals surface area contributed by atoms with Crippen molar-refractivity contribution < 1.29 is 11.3 Å². The molecule has 0 bridgehead atoms. The molecule has 11 aromatic rings. The second kappa shape index (κ2) is 11.8. The van der Waals surface area contributed by atoms with Crippen LogP contribution in [0.15, 0.2) is 198 Å². The summed E-state index contributed by atoms with van der Waals surface area (Å²) in [6, 6.07) is 55.0. The minimum absolute atomic E-state index is 0.189. The van der Waals surface area contributed by atoms with Crippen LogP contribution >= 0.6 is 0 Å². The largest absolute Gasteiger partial charge is 0.455 e. The molecular formula is C52H32O. The highest BCUT2D eigenvalue weighted by atomic mass is 16.3. The van der Waals surface area contributed by atoms with Gasteiger partial charge < -0.3 is 4.42 Å². The second-order valence-corrected chi connectivity index (χ2v) is 13.5. The van der Waals surface area contributed by atoms with E-state index >= 15 is 0 Å². The van der Waals surface area contributed by atoms with E-state index in [1.165, 1.54) is 32.7 Å². The third-order valence-corrected chi connectivity index (χ3v) is 10.7. The maximum absolute atomic E-state index is 8.97. The van der Waals surface area contributed by atoms with E-state index in [-0.39, 0.29) is 29.7 Å². The highest BCUT2D eigenvalue weighted by Crippen LogP contribution is 2.50. The zero-order chi connectivity index (χ0) is 39.2. The monoisotopic (exact) mass is 677 g/mol. The Morgan fingerprint density at radius 2 is 0.736 bits per heavy atom. The maximum Gasteiger partial charge on any atom is 0.143 e. The van der Waals surface area contributed by atoms with Crippen LogP contribution in [0.2, 0.25) is 0 Å². The Kier molecular flexibility index (Phi) is 5.58. The molecule has 1 heteroatoms. The predicted octanol–water partition coefficient (Wildman–Crippen LogP) is 14.9. The summed E-state index contributed by atoms with van der Waals surface area (Å²) >= 11 is 0. The molecule has 0 atom stereocenters. The van der Waals surface area contributed by atoms with Crippen LogP contribution in [-0.4, -0.2) is 0 Å². The number of benzene rings is 10. The van der Waals surface area contributed by atoms with Crippen molar-refractivity contribution >= 4 is 65.0 Å². The quantitative estimate of drug-likeness (QED) is 0.169. The van der Waals surface area contributed by atoms with Gasteiger partial charge in [-0.15, -0.1) is 0 Å². The highest BCUT2D eigenvalue weighted by Gasteiger charge is 2.23. The molecule has 0 aliphatic heterocycles. The number of hydrogen-bond donors (Lipinski definition) is 0. The van der Waals surface area contributed by atoms with E-state index in [9.17, 15) is 0 Å². The second-order valence-electron chi connectivity index (χ2n) is 13.5. The Morgan fingerprint density at radius 1 is 0.321 bits per heavy atom. The molecule has 11 rings (SSSR count). The summed E-state index contributed by atoms with van der Waals surface area (Å²) in [6.07, 6.45) is 0. The Labute approximate surface area is 314 Å². The zero-order valence-corrected chi connectivity index (χ0v) is 28.5. The third-order valence-electron chi connectivity index (χ3n) is 10.7. The predicted molar refractivity (Wildman–Crippen MR) is 225 cm³/mol. The fourth-order valence-electron chi connectivity index (χ4n) is 8.65. The molecule has 246 valence electrons. The van der Waals surface area contributed by atoms with E-state index in [0.29, 0.717) is 5.56 Å². The molecule has 1 heterocycles. The lowest BCUT2D eigenvalue weighted by molar-refractivity contribution is 0.670. The first-order valence-corrected chi connectivity index (χ1v) is 17.9. The lowest BCUT2D eigenvalue weighted by Gasteiger charge is -2.18. The lowest BCUT2D eigenvalue weighted by Crippen LogP contribution is -1.91. The summed E-state index contributed by atoms with van der Waals surface area (Å²) in [7, 11) is 0. The van der Waals surface area contributed by atoms with Gasteiger partial charge in [-0.1, -0.05) is 188 Å². The van der Waals surface area contributed by atoms with Crippen molar-refractivity contribution in [3.63, 3.8) is 0 Å². The average Bonchev–Trinajstić information content (AvgIpc) is 3.67. The van der Waals surface area contributed by atoms with E-state index in [4.69, 9.17) is 11.3 Å². The van der Waals surface area contributed by atoms with Crippen molar-refractivity contribution in [2.45, 2.75) is 0 Å². The first-order chi connectivity index (χ1) is 28.4. The molecule has 0 spiro atoms. The van der Waals surface area contributed by atoms with Gasteiger partial charge in [0.25, 0.3) is 0 Å². The Bertz CT molecular complexity index is 3370. The first-order valence-electron chi connectivity index (χ1n) is 20.4. The number of fused-ring (bicyclic) bond motifs is 7. The molecule has 0 radical (unpaired) electrons. The van der Waals surface area contributed by atoms with Crippen LogP contribution in [0.3, 0.4) is 0 Å². The molecular weight excluding hydrogens is 641 g/mol. The van der Waals surface area contributed by atoms with Crippen molar-refractivity contribution in [2.24, 2.45) is 0 Å². The topological polar surface area (TPSA) is 13.1 Å². The maximum atomic E-state index is 8.97. The van der Waals surface area contributed by atoms with Gasteiger partial charge in [0.2, 0.25) is 0 Å². The van der Waals surface area contributed by atoms with Gasteiger partial charge in [-0.3, -0.25) is 0 Å². The van der Waals surface area contributed by atoms with Crippen LogP contribution in [-0.2, 0) is 0 Å². The lowest BCUT2D eigenvalue weighted by atomic mass is 9.84. The van der Waals surface area contributed by atoms with Crippen molar-refractivity contribution in [3.8, 4) is 44.5 Å². The fourth-order valence-corrected chi connectivity index (χ4v) is 8.65. The van der Waals surface area contributed by atoms with Crippen LogP contribution in [0.4, 0.5) is 0 Å². The van der Waals surface area contributed by atoms with Crippen LogP contribution in [0, 0.1) is 0 Å². The Balaban J connectivity index is 1.23. The molecule has 0 saturated heterocycles. The summed E-state index contributed by atoms with van der Waals surface area (Å²) < 4.78 is 50.2. The van der Waals surface area contributed by atoms with Gasteiger partial charge >= 0.3 is 0 Å². The SMILES string of the molecule is [2H]c1c([2H])c([2H])c(-c2c3ccccc3c(-c3cccc4c3oc3cccc(-c5c6ccccc6c(-c6ccccc6)c6ccccc56)c34)c3ccccc23)c([2H])c1[2H]. The normalized spacial score (nSPS) is 13.1. The molecule has 0 amide bonds. The summed E-state index contributed by atoms with van der Waals surface area (Å²) in [5.74, 6) is 0. The molecule has 1 nitrogen and oxygen atoms in total. The highest BCUT2D eigenvalue weighted by molar-refractivity contribution is 6.28. The molecule has 0 fully saturated rings. The van der Waals surface area contributed by atoms with Crippen molar-refractivity contribution in [2.75, 3.05) is 0 Å². The first kappa shape index (κ1) is 25.1. The van der Waals surface area contributed by atoms with Crippen molar-refractivity contribution in [3.05, 3.63) is 194 Å². The minimum Gasteiger partial charge on any atom is -0.455 e. The number of hydrogen-bond acceptors (Lipinski definition) is 1. The van der Waals surface area contributed by atoms with Crippen LogP contribution in [0.1, 0.15) is 6.85 Å². The van der Waals surface area contributed by atoms with Gasteiger partial charge in [0.15, 0.2) is 0 Å². The van der Waals surface area contributed by atoms with Crippen molar-refractivity contribution in [1.82, 2.24) is 0 Å². The summed E-state index contributed by atoms with van der Waals surface area (Å²) in [6.45, 7) is 0. The summed E-state index contributed by atoms with van der Waals surface area (Å²) in [4.78, 5) is 0. The standard InChI is InChI=1S/C52H32O/c1-3-17-33(18-4-1)47-35-21-7-11-25-39(35)49(40-26-12-8-22-36(40)47)43-29-16-32-46-51(43)45-31-15-30-44(52(45)53-46)50-41-27-13-9-23-37(41)48(34-19-5-2-6-20-34)38-24-10-14-28-42(38)50/h1-32H/i2D,5D,6D,19D,20D. The van der Waals surface area contributed by atoms with Gasteiger partial charge in [0.05, 0.1) is 6.85 Å². The molecule has 0 aliphatic carbocycles. The van der Waals surface area contributed by atoms with Gasteiger partial charge in [0, 0.05) is 21.9 Å². The third kappa shape index (κ3) is 4.44. The van der Waals surface area contributed by atoms with Crippen LogP contribution in [0.5, 0.6) is 0 Å². The van der Waals surface area contributed by atoms with E-state index < -0.39 is 6.04 Å². The van der Waals surface area contributed by atoms with Gasteiger partial charge in [0.1, 0.15) is 11.2 Å². The fraction of sp³-hybridized carbons (Fsp3) is 0. The zero-order valence-electron chi connectivity index (χ0n) is 33.5. The van der Waals surface area contributed by atoms with E-state index in [0.717, 1.165) is 65.7 Å². The van der Waals surface area contributed by atoms with Crippen LogP contribution in [0.25, 0.3) is 110 Å². The molecule has 0 N–H and O–H groups in total. The minimum atomic E-state index is -0.409. The number of rotatable bonds is 4. The Morgan fingerprint density at radius 3 is 1.28 bits per heavy atom. The summed E-state index contributed by atoms with van der Waals surface area (Å²) in [5.41, 5.74) is 8.84. The molecule has 10 aromatic carbocycles. The van der Waals surface area contributed by atoms with Gasteiger partial charge in [-0.25, -0.2) is 0 Å². The smallest absolute Gasteiger partial charge is 0.143 e. The number of para-hydroxylation sites is 1. The number of furan rings is 1. The van der Waals surface area contributed by atoms with Crippen molar-refractivity contribution in [1.29, 1.82) is 0 Å². The molecule has 0 saturated carbocycles. The van der Waals surface area contributed by atoms with Gasteiger partial charge in [-0.05, 0) is 82.5 Å². The van der Waals surface area contributed by atoms with E-state index in [1.807, 2.05) is 42.5 Å². The Hall–Kier alpha value is -6.96. The molecule has 53 heavy (non-hydrogen) atoms.